The number of methoxy groups -OCH3 is 1. The van der Waals surface area contributed by atoms with Crippen LogP contribution in [-0.4, -0.2) is 41.0 Å². The van der Waals surface area contributed by atoms with Crippen molar-refractivity contribution in [3.63, 3.8) is 0 Å². The van der Waals surface area contributed by atoms with E-state index < -0.39 is 24.2 Å². The number of fused-ring (bicyclic) bond motifs is 1. The van der Waals surface area contributed by atoms with Gasteiger partial charge < -0.3 is 23.9 Å². The van der Waals surface area contributed by atoms with Gasteiger partial charge in [-0.2, -0.15) is 0 Å². The third-order valence-corrected chi connectivity index (χ3v) is 6.33. The van der Waals surface area contributed by atoms with E-state index in [1.165, 1.54) is 25.3 Å². The molecule has 39 heavy (non-hydrogen) atoms. The molecule has 7 nitrogen and oxygen atoms in total. The minimum Gasteiger partial charge on any atom is -0.497 e. The third kappa shape index (κ3) is 6.00. The van der Waals surface area contributed by atoms with Crippen molar-refractivity contribution in [3.8, 4) is 17.2 Å². The van der Waals surface area contributed by atoms with Crippen LogP contribution < -0.4 is 14.2 Å². The van der Waals surface area contributed by atoms with E-state index in [2.05, 4.69) is 4.74 Å². The molecule has 0 saturated carbocycles. The molecule has 10 heteroatoms. The van der Waals surface area contributed by atoms with E-state index in [4.69, 9.17) is 9.47 Å². The molecule has 0 amide bonds. The molecule has 0 radical (unpaired) electrons. The number of benzene rings is 3. The lowest BCUT2D eigenvalue weighted by Crippen LogP contribution is -2.26. The molecule has 0 aliphatic carbocycles. The fraction of sp³-hybridized carbons (Fsp3) is 0.241. The second-order valence-electron chi connectivity index (χ2n) is 8.79. The first-order chi connectivity index (χ1) is 18.5. The van der Waals surface area contributed by atoms with Crippen LogP contribution in [0.2, 0.25) is 0 Å². The van der Waals surface area contributed by atoms with Crippen LogP contribution in [0.15, 0.2) is 66.7 Å². The van der Waals surface area contributed by atoms with Crippen LogP contribution in [0.5, 0.6) is 17.2 Å². The Morgan fingerprint density at radius 2 is 1.67 bits per heavy atom. The molecule has 1 aromatic heterocycles. The fourth-order valence-electron chi connectivity index (χ4n) is 4.41. The van der Waals surface area contributed by atoms with Gasteiger partial charge in [0.15, 0.2) is 11.9 Å². The molecule has 3 aromatic carbocycles. The number of hydrogen-bond donors (Lipinski definition) is 1. The maximum Gasteiger partial charge on any atom is 0.573 e. The number of aliphatic carboxylic acids is 1. The summed E-state index contributed by atoms with van der Waals surface area (Å²) < 4.78 is 55.8. The Kier molecular flexibility index (Phi) is 7.85. The Labute approximate surface area is 222 Å². The topological polar surface area (TPSA) is 87.0 Å². The van der Waals surface area contributed by atoms with E-state index in [9.17, 15) is 27.9 Å². The fourth-order valence-corrected chi connectivity index (χ4v) is 4.41. The summed E-state index contributed by atoms with van der Waals surface area (Å²) in [6.07, 6.45) is -5.74. The summed E-state index contributed by atoms with van der Waals surface area (Å²) >= 11 is 0. The van der Waals surface area contributed by atoms with E-state index in [1.54, 1.807) is 66.9 Å². The molecule has 4 rings (SSSR count). The lowest BCUT2D eigenvalue weighted by atomic mass is 10.0. The predicted octanol–water partition coefficient (Wildman–Crippen LogP) is 6.38. The summed E-state index contributed by atoms with van der Waals surface area (Å²) in [6, 6.07) is 17.2. The largest absolute Gasteiger partial charge is 0.573 e. The van der Waals surface area contributed by atoms with E-state index in [0.717, 1.165) is 0 Å². The third-order valence-electron chi connectivity index (χ3n) is 6.33. The molecular weight excluding hydrogens is 515 g/mol. The average Bonchev–Trinajstić information content (AvgIpc) is 3.16. The lowest BCUT2D eigenvalue weighted by molar-refractivity contribution is -0.274. The first-order valence-electron chi connectivity index (χ1n) is 12.1. The van der Waals surface area contributed by atoms with Crippen LogP contribution in [-0.2, 0) is 11.3 Å². The first-order valence-corrected chi connectivity index (χ1v) is 12.1. The summed E-state index contributed by atoms with van der Waals surface area (Å²) in [5, 5.41) is 9.89. The normalized spacial score (nSPS) is 12.3. The van der Waals surface area contributed by atoms with Crippen molar-refractivity contribution in [2.75, 3.05) is 7.11 Å². The highest BCUT2D eigenvalue weighted by Gasteiger charge is 2.32. The summed E-state index contributed by atoms with van der Waals surface area (Å²) in [5.74, 6) is -0.971. The summed E-state index contributed by atoms with van der Waals surface area (Å²) in [4.78, 5) is 25.2. The van der Waals surface area contributed by atoms with Crippen LogP contribution in [0.1, 0.15) is 40.5 Å². The maximum atomic E-state index is 13.6. The SMILES string of the molecule is CCC(Oc1ccccc1Cn1c(C)c(C(=O)c2ccc(OC)cc2)c2ccc(OC(F)(F)F)cc21)C(=O)O. The number of alkyl halides is 3. The average molecular weight is 542 g/mol. The number of nitrogens with zero attached hydrogens (tertiary/aromatic N) is 1. The van der Waals surface area contributed by atoms with Gasteiger partial charge in [0.05, 0.1) is 24.7 Å². The second-order valence-corrected chi connectivity index (χ2v) is 8.79. The van der Waals surface area contributed by atoms with Gasteiger partial charge in [0.2, 0.25) is 0 Å². The number of hydrogen-bond acceptors (Lipinski definition) is 5. The highest BCUT2D eigenvalue weighted by atomic mass is 19.4. The molecule has 0 aliphatic heterocycles. The molecule has 0 fully saturated rings. The zero-order chi connectivity index (χ0) is 28.3. The van der Waals surface area contributed by atoms with Crippen molar-refractivity contribution < 1.29 is 42.1 Å². The van der Waals surface area contributed by atoms with Gasteiger partial charge in [0.25, 0.3) is 0 Å². The second kappa shape index (κ2) is 11.1. The monoisotopic (exact) mass is 541 g/mol. The van der Waals surface area contributed by atoms with Crippen molar-refractivity contribution in [2.24, 2.45) is 0 Å². The van der Waals surface area contributed by atoms with Gasteiger partial charge in [-0.25, -0.2) is 4.79 Å². The van der Waals surface area contributed by atoms with Gasteiger partial charge in [0, 0.05) is 28.3 Å². The Bertz CT molecular complexity index is 1510. The summed E-state index contributed by atoms with van der Waals surface area (Å²) in [5.41, 5.74) is 2.14. The van der Waals surface area contributed by atoms with Crippen molar-refractivity contribution in [1.29, 1.82) is 0 Å². The van der Waals surface area contributed by atoms with Crippen molar-refractivity contribution in [1.82, 2.24) is 4.57 Å². The molecular formula is C29H26F3NO6. The Hall–Kier alpha value is -4.47. The number of carboxylic acids is 1. The van der Waals surface area contributed by atoms with Crippen molar-refractivity contribution in [2.45, 2.75) is 39.3 Å². The van der Waals surface area contributed by atoms with Gasteiger partial charge in [-0.15, -0.1) is 13.2 Å². The number of halogens is 3. The number of aromatic nitrogens is 1. The Morgan fingerprint density at radius 1 is 1.00 bits per heavy atom. The highest BCUT2D eigenvalue weighted by molar-refractivity contribution is 6.17. The van der Waals surface area contributed by atoms with Gasteiger partial charge in [-0.3, -0.25) is 4.79 Å². The van der Waals surface area contributed by atoms with E-state index >= 15 is 0 Å². The Morgan fingerprint density at radius 3 is 2.28 bits per heavy atom. The molecule has 1 atom stereocenters. The molecule has 1 unspecified atom stereocenters. The highest BCUT2D eigenvalue weighted by Crippen LogP contribution is 2.34. The minimum absolute atomic E-state index is 0.0971. The standard InChI is InChI=1S/C29H26F3NO6/c1-4-24(28(35)36)38-25-8-6-5-7-19(25)16-33-17(2)26(27(34)18-9-11-20(37-3)12-10-18)22-14-13-21(15-23(22)33)39-29(30,31)32/h5-15,24H,4,16H2,1-3H3,(H,35,36). The zero-order valence-corrected chi connectivity index (χ0v) is 21.4. The van der Waals surface area contributed by atoms with Crippen molar-refractivity contribution in [3.05, 3.63) is 89.1 Å². The number of carboxylic acid groups (broad SMARTS) is 1. The summed E-state index contributed by atoms with van der Waals surface area (Å²) in [7, 11) is 1.51. The molecule has 0 saturated heterocycles. The molecule has 204 valence electrons. The van der Waals surface area contributed by atoms with Gasteiger partial charge >= 0.3 is 12.3 Å². The molecule has 0 spiro atoms. The predicted molar refractivity (Wildman–Crippen MR) is 138 cm³/mol. The number of carbonyl (C=O) groups excluding carboxylic acids is 1. The number of para-hydroxylation sites is 1. The quantitative estimate of drug-likeness (QED) is 0.235. The zero-order valence-electron chi connectivity index (χ0n) is 21.4. The first kappa shape index (κ1) is 27.6. The Balaban J connectivity index is 1.85. The molecule has 4 aromatic rings. The van der Waals surface area contributed by atoms with Crippen molar-refractivity contribution >= 4 is 22.7 Å². The van der Waals surface area contributed by atoms with Crippen LogP contribution in [0.25, 0.3) is 10.9 Å². The van der Waals surface area contributed by atoms with E-state index in [1.807, 2.05) is 0 Å². The summed E-state index contributed by atoms with van der Waals surface area (Å²) in [6.45, 7) is 3.49. The lowest BCUT2D eigenvalue weighted by Gasteiger charge is -2.18. The number of ketones is 1. The van der Waals surface area contributed by atoms with E-state index in [0.29, 0.717) is 44.8 Å². The van der Waals surface area contributed by atoms with E-state index in [-0.39, 0.29) is 18.7 Å². The van der Waals surface area contributed by atoms with Gasteiger partial charge in [-0.05, 0) is 55.8 Å². The molecule has 0 aliphatic rings. The molecule has 1 N–H and O–H groups in total. The maximum absolute atomic E-state index is 13.6. The minimum atomic E-state index is -4.89. The van der Waals surface area contributed by atoms with Gasteiger partial charge in [-0.1, -0.05) is 25.1 Å². The molecule has 0 bridgehead atoms. The van der Waals surface area contributed by atoms with Crippen LogP contribution in [0, 0.1) is 6.92 Å². The van der Waals surface area contributed by atoms with Gasteiger partial charge in [0.1, 0.15) is 17.2 Å². The molecule has 1 heterocycles. The van der Waals surface area contributed by atoms with Crippen LogP contribution >= 0.6 is 0 Å². The number of carbonyl (C=O) groups is 2. The van der Waals surface area contributed by atoms with Crippen LogP contribution in [0.4, 0.5) is 13.2 Å². The van der Waals surface area contributed by atoms with Crippen LogP contribution in [0.3, 0.4) is 0 Å². The smallest absolute Gasteiger partial charge is 0.497 e. The number of ether oxygens (including phenoxy) is 3. The number of rotatable bonds is 10.